The number of piperidine rings is 1. The molecule has 1 unspecified atom stereocenters. The van der Waals surface area contributed by atoms with Crippen LogP contribution in [0.4, 0.5) is 26.3 Å². The first-order valence-corrected chi connectivity index (χ1v) is 13.5. The summed E-state index contributed by atoms with van der Waals surface area (Å²) in [7, 11) is 0. The Bertz CT molecular complexity index is 1230. The molecule has 1 saturated carbocycles. The molecule has 3 atom stereocenters. The molecule has 40 heavy (non-hydrogen) atoms. The number of hydrogen-bond acceptors (Lipinski definition) is 4. The van der Waals surface area contributed by atoms with Gasteiger partial charge in [-0.2, -0.15) is 26.3 Å². The number of likely N-dealkylation sites (tertiary alicyclic amines) is 1. The van der Waals surface area contributed by atoms with Crippen molar-refractivity contribution in [2.75, 3.05) is 13.1 Å². The van der Waals surface area contributed by atoms with Crippen molar-refractivity contribution in [3.05, 3.63) is 64.7 Å². The van der Waals surface area contributed by atoms with Crippen LogP contribution < -0.4 is 4.74 Å². The molecule has 10 heteroatoms. The average molecular weight is 570 g/mol. The van der Waals surface area contributed by atoms with Crippen molar-refractivity contribution in [2.24, 2.45) is 17.8 Å². The standard InChI is InChI=1S/C30H33F6NO3/c1-17(19(3)38)27(20-7-8-20)22-5-4-6-24(15-22)40-28(39)21-11-13-37(14-12-21)18(2)25-16-23(29(31,32)33)9-10-26(25)30(34,35)36/h4-6,9-10,15-18,20-21,27H,7-8,11-14H2,1-3H3/t17-,18?,27+/m1/s1. The van der Waals surface area contributed by atoms with Gasteiger partial charge in [0.2, 0.25) is 0 Å². The lowest BCUT2D eigenvalue weighted by atomic mass is 9.81. The quantitative estimate of drug-likeness (QED) is 0.185. The van der Waals surface area contributed by atoms with Gasteiger partial charge in [-0.15, -0.1) is 0 Å². The molecule has 1 heterocycles. The molecule has 2 aromatic carbocycles. The first kappa shape index (κ1) is 30.1. The molecule has 0 radical (unpaired) electrons. The van der Waals surface area contributed by atoms with Crippen LogP contribution in [0.5, 0.6) is 5.75 Å². The number of rotatable bonds is 8. The molecule has 0 spiro atoms. The number of alkyl halides is 6. The Labute approximate surface area is 229 Å². The largest absolute Gasteiger partial charge is 0.426 e. The third kappa shape index (κ3) is 6.87. The molecule has 4 nitrogen and oxygen atoms in total. The summed E-state index contributed by atoms with van der Waals surface area (Å²) in [5.41, 5.74) is -1.73. The fourth-order valence-corrected chi connectivity index (χ4v) is 5.72. The number of hydrogen-bond donors (Lipinski definition) is 0. The number of Topliss-reactive ketones (excluding diaryl/α,β-unsaturated/α-hetero) is 1. The minimum absolute atomic E-state index is 0.0540. The number of benzene rings is 2. The third-order valence-electron chi connectivity index (χ3n) is 8.32. The molecule has 0 bridgehead atoms. The maximum atomic E-state index is 13.6. The summed E-state index contributed by atoms with van der Waals surface area (Å²) >= 11 is 0. The molecular weight excluding hydrogens is 536 g/mol. The minimum Gasteiger partial charge on any atom is -0.426 e. The zero-order chi connectivity index (χ0) is 29.4. The van der Waals surface area contributed by atoms with Gasteiger partial charge in [0.25, 0.3) is 0 Å². The number of halogens is 6. The first-order valence-electron chi connectivity index (χ1n) is 13.5. The van der Waals surface area contributed by atoms with Crippen molar-refractivity contribution >= 4 is 11.8 Å². The maximum absolute atomic E-state index is 13.6. The lowest BCUT2D eigenvalue weighted by Crippen LogP contribution is -2.39. The fraction of sp³-hybridized carbons (Fsp3) is 0.533. The summed E-state index contributed by atoms with van der Waals surface area (Å²) < 4.78 is 86.2. The Kier molecular flexibility index (Phi) is 8.68. The van der Waals surface area contributed by atoms with E-state index in [2.05, 4.69) is 0 Å². The number of carbonyl (C=O) groups is 2. The Balaban J connectivity index is 1.42. The predicted octanol–water partition coefficient (Wildman–Crippen LogP) is 7.82. The third-order valence-corrected chi connectivity index (χ3v) is 8.32. The molecule has 1 aliphatic carbocycles. The Hall–Kier alpha value is -2.88. The summed E-state index contributed by atoms with van der Waals surface area (Å²) in [6.45, 7) is 5.40. The number of ether oxygens (including phenoxy) is 1. The van der Waals surface area contributed by atoms with Crippen LogP contribution >= 0.6 is 0 Å². The van der Waals surface area contributed by atoms with Gasteiger partial charge in [-0.1, -0.05) is 19.1 Å². The molecule has 2 aromatic rings. The van der Waals surface area contributed by atoms with Gasteiger partial charge < -0.3 is 4.74 Å². The number of esters is 1. The summed E-state index contributed by atoms with van der Waals surface area (Å²) in [5.74, 6) is -0.150. The number of carbonyl (C=O) groups excluding carboxylic acids is 2. The second kappa shape index (κ2) is 11.5. The fourth-order valence-electron chi connectivity index (χ4n) is 5.72. The highest BCUT2D eigenvalue weighted by molar-refractivity contribution is 5.79. The first-order chi connectivity index (χ1) is 18.7. The lowest BCUT2D eigenvalue weighted by Gasteiger charge is -2.36. The zero-order valence-corrected chi connectivity index (χ0v) is 22.6. The summed E-state index contributed by atoms with van der Waals surface area (Å²) in [6, 6.07) is 7.76. The van der Waals surface area contributed by atoms with Crippen LogP contribution in [-0.2, 0) is 21.9 Å². The molecule has 0 N–H and O–H groups in total. The SMILES string of the molecule is CC(=O)[C@@H](C)[C@H](c1cccc(OC(=O)C2CCN(C(C)c3cc(C(F)(F)F)ccc3C(F)(F)F)CC2)c1)C1CC1. The van der Waals surface area contributed by atoms with Crippen molar-refractivity contribution in [2.45, 2.75) is 70.8 Å². The van der Waals surface area contributed by atoms with Crippen LogP contribution in [0.15, 0.2) is 42.5 Å². The average Bonchev–Trinajstić information content (AvgIpc) is 3.72. The van der Waals surface area contributed by atoms with E-state index in [4.69, 9.17) is 4.74 Å². The van der Waals surface area contributed by atoms with Gasteiger partial charge in [-0.25, -0.2) is 0 Å². The molecule has 4 rings (SSSR count). The maximum Gasteiger partial charge on any atom is 0.416 e. The smallest absolute Gasteiger partial charge is 0.416 e. The summed E-state index contributed by atoms with van der Waals surface area (Å²) in [4.78, 5) is 26.7. The zero-order valence-electron chi connectivity index (χ0n) is 22.6. The van der Waals surface area contributed by atoms with Gasteiger partial charge in [0.1, 0.15) is 11.5 Å². The number of ketones is 1. The van der Waals surface area contributed by atoms with E-state index in [1.54, 1.807) is 30.0 Å². The predicted molar refractivity (Wildman–Crippen MR) is 137 cm³/mol. The molecule has 0 amide bonds. The van der Waals surface area contributed by atoms with E-state index in [0.29, 0.717) is 42.7 Å². The lowest BCUT2D eigenvalue weighted by molar-refractivity contribution is -0.142. The molecule has 0 aromatic heterocycles. The molecule has 2 aliphatic rings. The van der Waals surface area contributed by atoms with E-state index in [1.807, 2.05) is 13.0 Å². The molecule has 218 valence electrons. The summed E-state index contributed by atoms with van der Waals surface area (Å²) in [6.07, 6.45) is -6.87. The van der Waals surface area contributed by atoms with E-state index in [9.17, 15) is 35.9 Å². The van der Waals surface area contributed by atoms with Gasteiger partial charge in [-0.05, 0) is 106 Å². The topological polar surface area (TPSA) is 46.6 Å². The van der Waals surface area contributed by atoms with Crippen molar-refractivity contribution in [3.8, 4) is 5.75 Å². The molecular formula is C30H33F6NO3. The van der Waals surface area contributed by atoms with Gasteiger partial charge in [0, 0.05) is 12.0 Å². The van der Waals surface area contributed by atoms with Gasteiger partial charge >= 0.3 is 18.3 Å². The van der Waals surface area contributed by atoms with E-state index in [1.165, 1.54) is 6.92 Å². The van der Waals surface area contributed by atoms with Gasteiger partial charge in [0.15, 0.2) is 0 Å². The van der Waals surface area contributed by atoms with E-state index in [0.717, 1.165) is 18.4 Å². The Morgan fingerprint density at radius 2 is 1.55 bits per heavy atom. The minimum atomic E-state index is -4.80. The van der Waals surface area contributed by atoms with Gasteiger partial charge in [-0.3, -0.25) is 14.5 Å². The van der Waals surface area contributed by atoms with Crippen LogP contribution in [0, 0.1) is 17.8 Å². The second-order valence-electron chi connectivity index (χ2n) is 11.0. The van der Waals surface area contributed by atoms with Crippen molar-refractivity contribution < 1.29 is 40.7 Å². The van der Waals surface area contributed by atoms with Crippen molar-refractivity contribution in [1.82, 2.24) is 4.90 Å². The van der Waals surface area contributed by atoms with Crippen molar-refractivity contribution in [1.29, 1.82) is 0 Å². The normalized spacial score (nSPS) is 19.6. The van der Waals surface area contributed by atoms with Crippen molar-refractivity contribution in [3.63, 3.8) is 0 Å². The Morgan fingerprint density at radius 3 is 2.10 bits per heavy atom. The van der Waals surface area contributed by atoms with E-state index < -0.39 is 47.0 Å². The van der Waals surface area contributed by atoms with Crippen LogP contribution in [-0.4, -0.2) is 29.7 Å². The molecule has 2 fully saturated rings. The highest BCUT2D eigenvalue weighted by Gasteiger charge is 2.40. The van der Waals surface area contributed by atoms with Gasteiger partial charge in [0.05, 0.1) is 17.0 Å². The van der Waals surface area contributed by atoms with Crippen LogP contribution in [0.2, 0.25) is 0 Å². The van der Waals surface area contributed by atoms with E-state index in [-0.39, 0.29) is 30.7 Å². The Morgan fingerprint density at radius 1 is 0.900 bits per heavy atom. The monoisotopic (exact) mass is 569 g/mol. The second-order valence-corrected chi connectivity index (χ2v) is 11.0. The molecule has 1 aliphatic heterocycles. The van der Waals surface area contributed by atoms with Crippen LogP contribution in [0.25, 0.3) is 0 Å². The molecule has 1 saturated heterocycles. The summed E-state index contributed by atoms with van der Waals surface area (Å²) in [5, 5.41) is 0. The highest BCUT2D eigenvalue weighted by atomic mass is 19.4. The van der Waals surface area contributed by atoms with Crippen LogP contribution in [0.1, 0.15) is 80.7 Å². The van der Waals surface area contributed by atoms with E-state index >= 15 is 0 Å². The highest BCUT2D eigenvalue weighted by Crippen LogP contribution is 2.47. The number of nitrogens with zero attached hydrogens (tertiary/aromatic N) is 1. The van der Waals surface area contributed by atoms with Crippen LogP contribution in [0.3, 0.4) is 0 Å².